The van der Waals surface area contributed by atoms with Crippen LogP contribution in [0, 0.1) is 19.7 Å². The van der Waals surface area contributed by atoms with E-state index in [0.717, 1.165) is 50.7 Å². The first-order chi connectivity index (χ1) is 14.6. The highest BCUT2D eigenvalue weighted by Crippen LogP contribution is 2.34. The minimum Gasteiger partial charge on any atom is -0.487 e. The van der Waals surface area contributed by atoms with Crippen molar-refractivity contribution in [3.05, 3.63) is 82.9 Å². The van der Waals surface area contributed by atoms with Crippen LogP contribution < -0.4 is 14.2 Å². The van der Waals surface area contributed by atoms with Gasteiger partial charge in [-0.3, -0.25) is 4.98 Å². The van der Waals surface area contributed by atoms with E-state index in [1.165, 1.54) is 6.07 Å². The van der Waals surface area contributed by atoms with Gasteiger partial charge in [0, 0.05) is 24.5 Å². The monoisotopic (exact) mass is 404 g/mol. The third kappa shape index (κ3) is 3.24. The number of ether oxygens (including phenoxy) is 3. The highest BCUT2D eigenvalue weighted by atomic mass is 19.1. The van der Waals surface area contributed by atoms with Crippen LogP contribution in [0.15, 0.2) is 54.7 Å². The summed E-state index contributed by atoms with van der Waals surface area (Å²) in [5.74, 6) is 1.98. The fourth-order valence-corrected chi connectivity index (χ4v) is 3.84. The van der Waals surface area contributed by atoms with Crippen LogP contribution in [0.3, 0.4) is 0 Å². The maximum Gasteiger partial charge on any atom is 0.231 e. The van der Waals surface area contributed by atoms with Crippen LogP contribution in [0.4, 0.5) is 4.39 Å². The molecule has 3 heterocycles. The second-order valence-electron chi connectivity index (χ2n) is 7.41. The molecule has 0 bridgehead atoms. The smallest absolute Gasteiger partial charge is 0.231 e. The van der Waals surface area contributed by atoms with Crippen molar-refractivity contribution in [2.75, 3.05) is 6.79 Å². The Morgan fingerprint density at radius 1 is 1.03 bits per heavy atom. The predicted molar refractivity (Wildman–Crippen MR) is 112 cm³/mol. The SMILES string of the molecule is Cc1c(C)n(Cc2cccc(F)c2)c2c(OCc3ccc4c(c3)OCO4)ccnc12. The number of halogens is 1. The molecule has 0 unspecified atom stereocenters. The molecule has 0 N–H and O–H groups in total. The first-order valence-electron chi connectivity index (χ1n) is 9.80. The summed E-state index contributed by atoms with van der Waals surface area (Å²) in [4.78, 5) is 4.57. The van der Waals surface area contributed by atoms with E-state index < -0.39 is 0 Å². The van der Waals surface area contributed by atoms with Crippen LogP contribution >= 0.6 is 0 Å². The van der Waals surface area contributed by atoms with Crippen molar-refractivity contribution < 1.29 is 18.6 Å². The van der Waals surface area contributed by atoms with E-state index in [9.17, 15) is 4.39 Å². The molecule has 0 radical (unpaired) electrons. The summed E-state index contributed by atoms with van der Waals surface area (Å²) >= 11 is 0. The number of benzene rings is 2. The molecule has 152 valence electrons. The number of rotatable bonds is 5. The van der Waals surface area contributed by atoms with E-state index in [4.69, 9.17) is 14.2 Å². The molecule has 0 saturated heterocycles. The summed E-state index contributed by atoms with van der Waals surface area (Å²) in [5, 5.41) is 0. The number of hydrogen-bond donors (Lipinski definition) is 0. The Kier molecular flexibility index (Phi) is 4.54. The zero-order valence-corrected chi connectivity index (χ0v) is 16.8. The van der Waals surface area contributed by atoms with Crippen molar-refractivity contribution in [3.8, 4) is 17.2 Å². The summed E-state index contributed by atoms with van der Waals surface area (Å²) < 4.78 is 32.9. The predicted octanol–water partition coefficient (Wildman–Crippen LogP) is 5.15. The van der Waals surface area contributed by atoms with Gasteiger partial charge in [0.2, 0.25) is 6.79 Å². The standard InChI is InChI=1S/C24H21FN2O3/c1-15-16(2)27(12-17-4-3-5-19(25)10-17)24-21(8-9-26-23(15)24)28-13-18-6-7-20-22(11-18)30-14-29-20/h3-11H,12-14H2,1-2H3. The molecule has 4 aromatic rings. The van der Waals surface area contributed by atoms with Crippen LogP contribution in [-0.4, -0.2) is 16.3 Å². The van der Waals surface area contributed by atoms with Gasteiger partial charge in [-0.1, -0.05) is 18.2 Å². The van der Waals surface area contributed by atoms with Crippen LogP contribution in [0.25, 0.3) is 11.0 Å². The van der Waals surface area contributed by atoms with Gasteiger partial charge in [0.05, 0.1) is 5.52 Å². The number of aromatic nitrogens is 2. The maximum absolute atomic E-state index is 13.7. The number of fused-ring (bicyclic) bond motifs is 2. The molecule has 1 aliphatic rings. The molecular formula is C24H21FN2O3. The summed E-state index contributed by atoms with van der Waals surface area (Å²) in [6, 6.07) is 14.3. The van der Waals surface area contributed by atoms with Gasteiger partial charge in [0.15, 0.2) is 11.5 Å². The molecule has 0 amide bonds. The van der Waals surface area contributed by atoms with Crippen molar-refractivity contribution in [1.82, 2.24) is 9.55 Å². The quantitative estimate of drug-likeness (QED) is 0.462. The average molecular weight is 404 g/mol. The first-order valence-corrected chi connectivity index (χ1v) is 9.80. The molecule has 0 spiro atoms. The average Bonchev–Trinajstić information content (AvgIpc) is 3.31. The lowest BCUT2D eigenvalue weighted by Crippen LogP contribution is -2.04. The van der Waals surface area contributed by atoms with E-state index in [2.05, 4.69) is 16.5 Å². The van der Waals surface area contributed by atoms with Gasteiger partial charge in [0.1, 0.15) is 23.7 Å². The zero-order valence-electron chi connectivity index (χ0n) is 16.8. The fraction of sp³-hybridized carbons (Fsp3) is 0.208. The lowest BCUT2D eigenvalue weighted by Gasteiger charge is -2.13. The minimum absolute atomic E-state index is 0.240. The molecule has 30 heavy (non-hydrogen) atoms. The van der Waals surface area contributed by atoms with Crippen molar-refractivity contribution in [2.24, 2.45) is 0 Å². The topological polar surface area (TPSA) is 45.5 Å². The second kappa shape index (κ2) is 7.37. The molecule has 2 aromatic heterocycles. The fourth-order valence-electron chi connectivity index (χ4n) is 3.84. The molecule has 5 nitrogen and oxygen atoms in total. The number of aryl methyl sites for hydroxylation is 1. The van der Waals surface area contributed by atoms with E-state index in [-0.39, 0.29) is 12.6 Å². The highest BCUT2D eigenvalue weighted by Gasteiger charge is 2.18. The number of nitrogens with zero attached hydrogens (tertiary/aromatic N) is 2. The molecule has 2 aromatic carbocycles. The number of hydrogen-bond acceptors (Lipinski definition) is 4. The Balaban J connectivity index is 1.50. The highest BCUT2D eigenvalue weighted by molar-refractivity contribution is 5.86. The molecule has 0 saturated carbocycles. The van der Waals surface area contributed by atoms with Gasteiger partial charge in [-0.05, 0) is 54.8 Å². The minimum atomic E-state index is -0.240. The van der Waals surface area contributed by atoms with Gasteiger partial charge < -0.3 is 18.8 Å². The van der Waals surface area contributed by atoms with Crippen molar-refractivity contribution in [1.29, 1.82) is 0 Å². The lowest BCUT2D eigenvalue weighted by atomic mass is 10.2. The van der Waals surface area contributed by atoms with Crippen LogP contribution in [0.2, 0.25) is 0 Å². The molecule has 6 heteroatoms. The maximum atomic E-state index is 13.7. The van der Waals surface area contributed by atoms with Gasteiger partial charge in [-0.2, -0.15) is 0 Å². The molecule has 5 rings (SSSR count). The third-order valence-electron chi connectivity index (χ3n) is 5.52. The Bertz CT molecular complexity index is 1250. The lowest BCUT2D eigenvalue weighted by molar-refractivity contribution is 0.174. The Labute approximate surface area is 173 Å². The Morgan fingerprint density at radius 2 is 1.90 bits per heavy atom. The summed E-state index contributed by atoms with van der Waals surface area (Å²) in [5.41, 5.74) is 5.86. The van der Waals surface area contributed by atoms with Gasteiger partial charge in [-0.25, -0.2) is 4.39 Å². The Hall–Kier alpha value is -3.54. The van der Waals surface area contributed by atoms with Crippen LogP contribution in [0.1, 0.15) is 22.4 Å². The largest absolute Gasteiger partial charge is 0.487 e. The van der Waals surface area contributed by atoms with Gasteiger partial charge in [0.25, 0.3) is 0 Å². The van der Waals surface area contributed by atoms with Crippen LogP contribution in [-0.2, 0) is 13.2 Å². The van der Waals surface area contributed by atoms with E-state index in [0.29, 0.717) is 13.2 Å². The first kappa shape index (κ1) is 18.5. The molecule has 0 fully saturated rings. The van der Waals surface area contributed by atoms with Gasteiger partial charge in [-0.15, -0.1) is 0 Å². The van der Waals surface area contributed by atoms with Gasteiger partial charge >= 0.3 is 0 Å². The summed E-state index contributed by atoms with van der Waals surface area (Å²) in [7, 11) is 0. The van der Waals surface area contributed by atoms with E-state index >= 15 is 0 Å². The van der Waals surface area contributed by atoms with Crippen molar-refractivity contribution in [3.63, 3.8) is 0 Å². The molecule has 0 atom stereocenters. The molecule has 1 aliphatic heterocycles. The second-order valence-corrected chi connectivity index (χ2v) is 7.41. The molecular weight excluding hydrogens is 383 g/mol. The van der Waals surface area contributed by atoms with Crippen LogP contribution in [0.5, 0.6) is 17.2 Å². The molecule has 0 aliphatic carbocycles. The number of pyridine rings is 1. The zero-order chi connectivity index (χ0) is 20.7. The van der Waals surface area contributed by atoms with E-state index in [1.54, 1.807) is 18.3 Å². The summed E-state index contributed by atoms with van der Waals surface area (Å²) in [6.45, 7) is 5.28. The summed E-state index contributed by atoms with van der Waals surface area (Å²) in [6.07, 6.45) is 1.76. The van der Waals surface area contributed by atoms with Crippen molar-refractivity contribution in [2.45, 2.75) is 27.0 Å². The normalized spacial score (nSPS) is 12.5. The van der Waals surface area contributed by atoms with E-state index in [1.807, 2.05) is 37.3 Å². The Morgan fingerprint density at radius 3 is 2.77 bits per heavy atom. The van der Waals surface area contributed by atoms with Crippen molar-refractivity contribution >= 4 is 11.0 Å². The third-order valence-corrected chi connectivity index (χ3v) is 5.52.